The third-order valence-electron chi connectivity index (χ3n) is 2.55. The Morgan fingerprint density at radius 1 is 1.43 bits per heavy atom. The Bertz CT molecular complexity index is 687. The molecular formula is C14H11ClN4OS. The van der Waals surface area contributed by atoms with E-state index in [1.807, 2.05) is 6.07 Å². The highest BCUT2D eigenvalue weighted by atomic mass is 35.5. The summed E-state index contributed by atoms with van der Waals surface area (Å²) in [6, 6.07) is 8.43. The molecule has 7 heteroatoms. The fraction of sp³-hybridized carbons (Fsp3) is 0.143. The first-order chi connectivity index (χ1) is 10.1. The van der Waals surface area contributed by atoms with Crippen molar-refractivity contribution in [2.24, 2.45) is 0 Å². The van der Waals surface area contributed by atoms with Crippen molar-refractivity contribution in [2.45, 2.75) is 17.3 Å². The van der Waals surface area contributed by atoms with Gasteiger partial charge < -0.3 is 5.32 Å². The minimum Gasteiger partial charge on any atom is -0.325 e. The normalized spacial score (nSPS) is 11.5. The van der Waals surface area contributed by atoms with Crippen molar-refractivity contribution in [2.75, 3.05) is 5.32 Å². The summed E-state index contributed by atoms with van der Waals surface area (Å²) < 4.78 is 0. The molecule has 0 radical (unpaired) electrons. The predicted octanol–water partition coefficient (Wildman–Crippen LogP) is 3.12. The van der Waals surface area contributed by atoms with E-state index in [0.717, 1.165) is 0 Å². The number of thioether (sulfide) groups is 1. The molecule has 1 aromatic heterocycles. The Labute approximate surface area is 131 Å². The highest BCUT2D eigenvalue weighted by Gasteiger charge is 2.16. The zero-order chi connectivity index (χ0) is 15.2. The van der Waals surface area contributed by atoms with Gasteiger partial charge in [0.1, 0.15) is 6.07 Å². The molecule has 0 spiro atoms. The molecule has 1 N–H and O–H groups in total. The topological polar surface area (TPSA) is 78.7 Å². The molecule has 0 aliphatic heterocycles. The SMILES string of the molecule is CC(Sc1ncccn1)C(=O)Nc1ccc(C#N)c(Cl)c1. The summed E-state index contributed by atoms with van der Waals surface area (Å²) in [6.45, 7) is 1.77. The van der Waals surface area contributed by atoms with E-state index in [0.29, 0.717) is 21.4 Å². The standard InChI is InChI=1S/C14H11ClN4OS/c1-9(21-14-17-5-2-6-18-14)13(20)19-11-4-3-10(8-16)12(15)7-11/h2-7,9H,1H3,(H,19,20). The lowest BCUT2D eigenvalue weighted by Gasteiger charge is -2.11. The van der Waals surface area contributed by atoms with Crippen LogP contribution in [0.3, 0.4) is 0 Å². The van der Waals surface area contributed by atoms with Gasteiger partial charge in [-0.2, -0.15) is 5.26 Å². The van der Waals surface area contributed by atoms with Gasteiger partial charge >= 0.3 is 0 Å². The maximum absolute atomic E-state index is 12.1. The number of carbonyl (C=O) groups excluding carboxylic acids is 1. The minimum atomic E-state index is -0.359. The second-order valence-electron chi connectivity index (χ2n) is 4.09. The van der Waals surface area contributed by atoms with Crippen LogP contribution in [-0.4, -0.2) is 21.1 Å². The van der Waals surface area contributed by atoms with E-state index in [1.54, 1.807) is 43.6 Å². The molecule has 0 aliphatic rings. The van der Waals surface area contributed by atoms with Crippen molar-refractivity contribution in [1.29, 1.82) is 5.26 Å². The fourth-order valence-corrected chi connectivity index (χ4v) is 2.43. The molecule has 1 aromatic carbocycles. The van der Waals surface area contributed by atoms with E-state index in [9.17, 15) is 4.79 Å². The van der Waals surface area contributed by atoms with Crippen molar-refractivity contribution in [3.8, 4) is 6.07 Å². The molecule has 0 bridgehead atoms. The Balaban J connectivity index is 2.01. The molecule has 0 saturated carbocycles. The fourth-order valence-electron chi connectivity index (χ4n) is 1.49. The zero-order valence-electron chi connectivity index (χ0n) is 11.1. The van der Waals surface area contributed by atoms with Gasteiger partial charge in [-0.25, -0.2) is 9.97 Å². The number of amides is 1. The van der Waals surface area contributed by atoms with Crippen LogP contribution in [0, 0.1) is 11.3 Å². The number of halogens is 1. The van der Waals surface area contributed by atoms with Crippen LogP contribution in [0.5, 0.6) is 0 Å². The third kappa shape index (κ3) is 4.18. The van der Waals surface area contributed by atoms with E-state index in [4.69, 9.17) is 16.9 Å². The summed E-state index contributed by atoms with van der Waals surface area (Å²) in [5.74, 6) is -0.187. The number of hydrogen-bond donors (Lipinski definition) is 1. The van der Waals surface area contributed by atoms with Gasteiger partial charge in [-0.15, -0.1) is 0 Å². The molecule has 2 aromatic rings. The van der Waals surface area contributed by atoms with Crippen LogP contribution >= 0.6 is 23.4 Å². The van der Waals surface area contributed by atoms with Crippen molar-refractivity contribution in [3.05, 3.63) is 47.2 Å². The van der Waals surface area contributed by atoms with Gasteiger partial charge in [-0.05, 0) is 31.2 Å². The van der Waals surface area contributed by atoms with Gasteiger partial charge in [0.15, 0.2) is 5.16 Å². The van der Waals surface area contributed by atoms with Gasteiger partial charge in [0.05, 0.1) is 15.8 Å². The maximum atomic E-state index is 12.1. The van der Waals surface area contributed by atoms with E-state index < -0.39 is 0 Å². The molecule has 1 unspecified atom stereocenters. The summed E-state index contributed by atoms with van der Waals surface area (Å²) in [5.41, 5.74) is 0.917. The van der Waals surface area contributed by atoms with Crippen LogP contribution in [0.4, 0.5) is 5.69 Å². The summed E-state index contributed by atoms with van der Waals surface area (Å²) in [7, 11) is 0. The molecule has 1 heterocycles. The molecule has 1 amide bonds. The molecule has 2 rings (SSSR count). The second kappa shape index (κ2) is 7.07. The predicted molar refractivity (Wildman–Crippen MR) is 82.1 cm³/mol. The van der Waals surface area contributed by atoms with Crippen LogP contribution < -0.4 is 5.32 Å². The molecule has 0 aliphatic carbocycles. The first kappa shape index (κ1) is 15.3. The number of nitriles is 1. The van der Waals surface area contributed by atoms with Gasteiger partial charge in [-0.3, -0.25) is 4.79 Å². The molecule has 0 fully saturated rings. The lowest BCUT2D eigenvalue weighted by molar-refractivity contribution is -0.115. The average molecular weight is 319 g/mol. The van der Waals surface area contributed by atoms with Crippen LogP contribution in [0.15, 0.2) is 41.8 Å². The maximum Gasteiger partial charge on any atom is 0.237 e. The van der Waals surface area contributed by atoms with Crippen molar-refractivity contribution in [3.63, 3.8) is 0 Å². The average Bonchev–Trinajstić information content (AvgIpc) is 2.48. The quantitative estimate of drug-likeness (QED) is 0.692. The van der Waals surface area contributed by atoms with Gasteiger partial charge in [-0.1, -0.05) is 23.4 Å². The number of aromatic nitrogens is 2. The molecule has 5 nitrogen and oxygen atoms in total. The van der Waals surface area contributed by atoms with Gasteiger partial charge in [0.25, 0.3) is 0 Å². The molecule has 1 atom stereocenters. The third-order valence-corrected chi connectivity index (χ3v) is 3.85. The Kier molecular flexibility index (Phi) is 5.14. The van der Waals surface area contributed by atoms with Crippen LogP contribution in [0.25, 0.3) is 0 Å². The number of nitrogens with one attached hydrogen (secondary N) is 1. The van der Waals surface area contributed by atoms with E-state index in [2.05, 4.69) is 15.3 Å². The smallest absolute Gasteiger partial charge is 0.237 e. The number of rotatable bonds is 4. The zero-order valence-corrected chi connectivity index (χ0v) is 12.6. The molecule has 106 valence electrons. The van der Waals surface area contributed by atoms with Crippen LogP contribution in [0.2, 0.25) is 5.02 Å². The lowest BCUT2D eigenvalue weighted by Crippen LogP contribution is -2.22. The summed E-state index contributed by atoms with van der Waals surface area (Å²) in [5, 5.41) is 12.0. The summed E-state index contributed by atoms with van der Waals surface area (Å²) in [6.07, 6.45) is 3.25. The van der Waals surface area contributed by atoms with E-state index in [-0.39, 0.29) is 11.2 Å². The first-order valence-electron chi connectivity index (χ1n) is 6.04. The highest BCUT2D eigenvalue weighted by molar-refractivity contribution is 8.00. The largest absolute Gasteiger partial charge is 0.325 e. The molecule has 21 heavy (non-hydrogen) atoms. The van der Waals surface area contributed by atoms with Crippen molar-refractivity contribution < 1.29 is 4.79 Å². The van der Waals surface area contributed by atoms with Crippen molar-refractivity contribution >= 4 is 35.0 Å². The van der Waals surface area contributed by atoms with E-state index >= 15 is 0 Å². The number of nitrogens with zero attached hydrogens (tertiary/aromatic N) is 3. The number of anilines is 1. The number of hydrogen-bond acceptors (Lipinski definition) is 5. The molecular weight excluding hydrogens is 308 g/mol. The Morgan fingerprint density at radius 2 is 2.14 bits per heavy atom. The molecule has 0 saturated heterocycles. The lowest BCUT2D eigenvalue weighted by atomic mass is 10.2. The number of benzene rings is 1. The Morgan fingerprint density at radius 3 is 2.76 bits per heavy atom. The van der Waals surface area contributed by atoms with Crippen LogP contribution in [-0.2, 0) is 4.79 Å². The second-order valence-corrected chi connectivity index (χ2v) is 5.80. The van der Waals surface area contributed by atoms with E-state index in [1.165, 1.54) is 11.8 Å². The Hall–Kier alpha value is -2.10. The summed E-state index contributed by atoms with van der Waals surface area (Å²) in [4.78, 5) is 20.2. The van der Waals surface area contributed by atoms with Crippen molar-refractivity contribution in [1.82, 2.24) is 9.97 Å². The number of carbonyl (C=O) groups is 1. The monoisotopic (exact) mass is 318 g/mol. The van der Waals surface area contributed by atoms with Gasteiger partial charge in [0.2, 0.25) is 5.91 Å². The van der Waals surface area contributed by atoms with Gasteiger partial charge in [0, 0.05) is 18.1 Å². The first-order valence-corrected chi connectivity index (χ1v) is 7.30. The van der Waals surface area contributed by atoms with Crippen LogP contribution in [0.1, 0.15) is 12.5 Å². The highest BCUT2D eigenvalue weighted by Crippen LogP contribution is 2.23. The summed E-state index contributed by atoms with van der Waals surface area (Å²) >= 11 is 7.19. The minimum absolute atomic E-state index is 0.187.